The van der Waals surface area contributed by atoms with Gasteiger partial charge in [0.05, 0.1) is 16.1 Å². The second-order valence-electron chi connectivity index (χ2n) is 5.98. The fraction of sp³-hybridized carbons (Fsp3) is 0.278. The van der Waals surface area contributed by atoms with Crippen LogP contribution in [0, 0.1) is 0 Å². The van der Waals surface area contributed by atoms with Gasteiger partial charge in [-0.15, -0.1) is 11.3 Å². The zero-order chi connectivity index (χ0) is 16.7. The van der Waals surface area contributed by atoms with Crippen molar-refractivity contribution < 1.29 is 14.4 Å². The maximum absolute atomic E-state index is 13.1. The van der Waals surface area contributed by atoms with Crippen molar-refractivity contribution >= 4 is 34.7 Å². The van der Waals surface area contributed by atoms with E-state index in [9.17, 15) is 14.4 Å². The van der Waals surface area contributed by atoms with Crippen molar-refractivity contribution in [1.29, 1.82) is 0 Å². The largest absolute Gasteiger partial charge is 0.327 e. The predicted molar refractivity (Wildman–Crippen MR) is 91.3 cm³/mol. The van der Waals surface area contributed by atoms with Crippen LogP contribution in [0.5, 0.6) is 0 Å². The Labute approximate surface area is 143 Å². The van der Waals surface area contributed by atoms with Crippen LogP contribution in [0.4, 0.5) is 5.69 Å². The molecule has 1 aromatic heterocycles. The lowest BCUT2D eigenvalue weighted by molar-refractivity contribution is -0.123. The fourth-order valence-electron chi connectivity index (χ4n) is 3.42. The highest BCUT2D eigenvalue weighted by Gasteiger charge is 2.43. The molecule has 4 rings (SSSR count). The van der Waals surface area contributed by atoms with Gasteiger partial charge in [-0.05, 0) is 42.8 Å². The topological polar surface area (TPSA) is 57.7 Å². The molecular weight excluding hydrogens is 324 g/mol. The lowest BCUT2D eigenvalue weighted by Gasteiger charge is -2.33. The Kier molecular flexibility index (Phi) is 3.69. The van der Waals surface area contributed by atoms with Gasteiger partial charge in [-0.1, -0.05) is 18.2 Å². The molecule has 24 heavy (non-hydrogen) atoms. The van der Waals surface area contributed by atoms with Crippen LogP contribution in [0.15, 0.2) is 41.8 Å². The Morgan fingerprint density at radius 2 is 1.92 bits per heavy atom. The summed E-state index contributed by atoms with van der Waals surface area (Å²) in [7, 11) is 0. The Morgan fingerprint density at radius 3 is 2.71 bits per heavy atom. The third kappa shape index (κ3) is 2.26. The molecule has 3 amide bonds. The number of piperidine rings is 1. The number of thiophene rings is 1. The van der Waals surface area contributed by atoms with Crippen LogP contribution in [0.2, 0.25) is 0 Å². The number of rotatable bonds is 1. The number of hydrogen-bond donors (Lipinski definition) is 0. The average Bonchev–Trinajstić information content (AvgIpc) is 3.13. The number of fused-ring (bicyclic) bond motifs is 2. The SMILES string of the molecule is O=C(c1cccs1)N1C(=O)C2CCCCN2C(=O)c2ccccc21. The minimum atomic E-state index is -0.553. The van der Waals surface area contributed by atoms with Crippen LogP contribution in [-0.2, 0) is 4.79 Å². The predicted octanol–water partition coefficient (Wildman–Crippen LogP) is 2.93. The Hall–Kier alpha value is -2.47. The minimum Gasteiger partial charge on any atom is -0.327 e. The maximum Gasteiger partial charge on any atom is 0.275 e. The monoisotopic (exact) mass is 340 g/mol. The van der Waals surface area contributed by atoms with Crippen molar-refractivity contribution in [2.75, 3.05) is 11.4 Å². The summed E-state index contributed by atoms with van der Waals surface area (Å²) in [4.78, 5) is 42.3. The number of carbonyl (C=O) groups is 3. The number of amides is 3. The van der Waals surface area contributed by atoms with Gasteiger partial charge in [-0.25, -0.2) is 4.90 Å². The van der Waals surface area contributed by atoms with Crippen molar-refractivity contribution in [2.45, 2.75) is 25.3 Å². The third-order valence-electron chi connectivity index (χ3n) is 4.58. The highest BCUT2D eigenvalue weighted by Crippen LogP contribution is 2.33. The summed E-state index contributed by atoms with van der Waals surface area (Å²) in [5.74, 6) is -0.820. The first-order chi connectivity index (χ1) is 11.7. The van der Waals surface area contributed by atoms with Gasteiger partial charge in [-0.3, -0.25) is 14.4 Å². The number of benzene rings is 1. The first-order valence-electron chi connectivity index (χ1n) is 8.00. The van der Waals surface area contributed by atoms with Gasteiger partial charge < -0.3 is 4.90 Å². The molecule has 0 saturated carbocycles. The van der Waals surface area contributed by atoms with E-state index in [0.717, 1.165) is 12.8 Å². The van der Waals surface area contributed by atoms with Gasteiger partial charge in [0, 0.05) is 6.54 Å². The van der Waals surface area contributed by atoms with E-state index in [2.05, 4.69) is 0 Å². The molecule has 1 aromatic carbocycles. The van der Waals surface area contributed by atoms with Crippen LogP contribution >= 0.6 is 11.3 Å². The fourth-order valence-corrected chi connectivity index (χ4v) is 4.08. The first-order valence-corrected chi connectivity index (χ1v) is 8.88. The molecule has 0 radical (unpaired) electrons. The summed E-state index contributed by atoms with van der Waals surface area (Å²) in [6.07, 6.45) is 2.38. The smallest absolute Gasteiger partial charge is 0.275 e. The van der Waals surface area contributed by atoms with E-state index in [1.54, 1.807) is 46.7 Å². The molecule has 2 aliphatic heterocycles. The molecule has 1 fully saturated rings. The first kappa shape index (κ1) is 15.1. The summed E-state index contributed by atoms with van der Waals surface area (Å²) in [5, 5.41) is 1.81. The van der Waals surface area contributed by atoms with Crippen molar-refractivity contribution in [3.05, 3.63) is 52.2 Å². The van der Waals surface area contributed by atoms with Gasteiger partial charge in [-0.2, -0.15) is 0 Å². The van der Waals surface area contributed by atoms with Crippen molar-refractivity contribution in [3.63, 3.8) is 0 Å². The molecule has 0 aliphatic carbocycles. The van der Waals surface area contributed by atoms with E-state index in [1.165, 1.54) is 16.2 Å². The zero-order valence-electron chi connectivity index (χ0n) is 13.0. The molecule has 2 aliphatic rings. The lowest BCUT2D eigenvalue weighted by atomic mass is 10.0. The highest BCUT2D eigenvalue weighted by molar-refractivity contribution is 7.12. The van der Waals surface area contributed by atoms with Gasteiger partial charge in [0.1, 0.15) is 6.04 Å². The number of hydrogen-bond acceptors (Lipinski definition) is 4. The highest BCUT2D eigenvalue weighted by atomic mass is 32.1. The summed E-state index contributed by atoms with van der Waals surface area (Å²) in [6.45, 7) is 0.560. The second kappa shape index (κ2) is 5.87. The summed E-state index contributed by atoms with van der Waals surface area (Å²) >= 11 is 1.30. The van der Waals surface area contributed by atoms with Gasteiger partial charge in [0.25, 0.3) is 17.7 Å². The van der Waals surface area contributed by atoms with Gasteiger partial charge >= 0.3 is 0 Å². The molecule has 1 saturated heterocycles. The number of imide groups is 1. The molecule has 1 unspecified atom stereocenters. The van der Waals surface area contributed by atoms with Crippen molar-refractivity contribution in [1.82, 2.24) is 4.90 Å². The number of carbonyl (C=O) groups excluding carboxylic acids is 3. The van der Waals surface area contributed by atoms with E-state index >= 15 is 0 Å². The molecular formula is C18H16N2O3S. The minimum absolute atomic E-state index is 0.162. The van der Waals surface area contributed by atoms with Gasteiger partial charge in [0.2, 0.25) is 0 Å². The normalized spacial score (nSPS) is 20.4. The zero-order valence-corrected chi connectivity index (χ0v) is 13.8. The standard InChI is InChI=1S/C18H16N2O3S/c21-16-12-6-1-2-7-13(12)20(18(23)15-9-5-11-24-15)17(22)14-8-3-4-10-19(14)16/h1-2,5-7,9,11,14H,3-4,8,10H2. The van der Waals surface area contributed by atoms with E-state index in [1.807, 2.05) is 0 Å². The van der Waals surface area contributed by atoms with Crippen LogP contribution in [-0.4, -0.2) is 35.2 Å². The van der Waals surface area contributed by atoms with Crippen molar-refractivity contribution in [2.24, 2.45) is 0 Å². The van der Waals surface area contributed by atoms with Crippen molar-refractivity contribution in [3.8, 4) is 0 Å². The molecule has 5 nitrogen and oxygen atoms in total. The Morgan fingerprint density at radius 1 is 1.08 bits per heavy atom. The van der Waals surface area contributed by atoms with E-state index in [4.69, 9.17) is 0 Å². The Bertz CT molecular complexity index is 815. The average molecular weight is 340 g/mol. The molecule has 2 aromatic rings. The second-order valence-corrected chi connectivity index (χ2v) is 6.93. The molecule has 3 heterocycles. The van der Waals surface area contributed by atoms with E-state index in [-0.39, 0.29) is 17.7 Å². The van der Waals surface area contributed by atoms with Crippen LogP contribution in [0.25, 0.3) is 0 Å². The summed E-state index contributed by atoms with van der Waals surface area (Å²) < 4.78 is 0. The molecule has 122 valence electrons. The number of para-hydroxylation sites is 1. The molecule has 6 heteroatoms. The summed E-state index contributed by atoms with van der Waals surface area (Å²) in [6, 6.07) is 9.81. The molecule has 0 spiro atoms. The third-order valence-corrected chi connectivity index (χ3v) is 5.44. The van der Waals surface area contributed by atoms with E-state index in [0.29, 0.717) is 29.1 Å². The maximum atomic E-state index is 13.1. The van der Waals surface area contributed by atoms with Crippen LogP contribution in [0.1, 0.15) is 39.3 Å². The summed E-state index contributed by atoms with van der Waals surface area (Å²) in [5.41, 5.74) is 0.806. The lowest BCUT2D eigenvalue weighted by Crippen LogP contribution is -2.52. The van der Waals surface area contributed by atoms with E-state index < -0.39 is 6.04 Å². The molecule has 0 bridgehead atoms. The number of nitrogens with zero attached hydrogens (tertiary/aromatic N) is 2. The number of anilines is 1. The quantitative estimate of drug-likeness (QED) is 0.750. The molecule has 1 atom stereocenters. The van der Waals surface area contributed by atoms with Crippen LogP contribution < -0.4 is 4.90 Å². The van der Waals surface area contributed by atoms with Gasteiger partial charge in [0.15, 0.2) is 0 Å². The van der Waals surface area contributed by atoms with Crippen LogP contribution in [0.3, 0.4) is 0 Å². The molecule has 0 N–H and O–H groups in total. The Balaban J connectivity index is 1.87.